The molecular weight excluding hydrogens is 352 g/mol. The van der Waals surface area contributed by atoms with Crippen LogP contribution < -0.4 is 0 Å². The van der Waals surface area contributed by atoms with Crippen molar-refractivity contribution in [2.24, 2.45) is 0 Å². The molecule has 1 aliphatic rings. The third-order valence-corrected chi connectivity index (χ3v) is 5.56. The zero-order valence-electron chi connectivity index (χ0n) is 16.2. The van der Waals surface area contributed by atoms with Crippen LogP contribution in [0.25, 0.3) is 10.9 Å². The number of fused-ring (bicyclic) bond motifs is 1. The number of aromatic amines is 1. The van der Waals surface area contributed by atoms with Crippen molar-refractivity contribution >= 4 is 16.8 Å². The molecule has 1 aromatic carbocycles. The predicted molar refractivity (Wildman–Crippen MR) is 107 cm³/mol. The van der Waals surface area contributed by atoms with Crippen molar-refractivity contribution in [1.29, 1.82) is 0 Å². The Kier molecular flexibility index (Phi) is 5.62. The monoisotopic (exact) mass is 378 g/mol. The van der Waals surface area contributed by atoms with Gasteiger partial charge in [-0.1, -0.05) is 18.2 Å². The molecular formula is C21H26N6O. The van der Waals surface area contributed by atoms with Gasteiger partial charge < -0.3 is 4.90 Å². The number of benzene rings is 1. The van der Waals surface area contributed by atoms with Crippen LogP contribution in [-0.4, -0.2) is 55.0 Å². The molecule has 1 amide bonds. The fourth-order valence-corrected chi connectivity index (χ4v) is 4.12. The van der Waals surface area contributed by atoms with Gasteiger partial charge in [-0.15, -0.1) is 0 Å². The van der Waals surface area contributed by atoms with Gasteiger partial charge in [0, 0.05) is 55.9 Å². The van der Waals surface area contributed by atoms with Gasteiger partial charge in [0.1, 0.15) is 6.33 Å². The van der Waals surface area contributed by atoms with E-state index in [1.165, 1.54) is 11.9 Å². The summed E-state index contributed by atoms with van der Waals surface area (Å²) in [6.07, 6.45) is 10.1. The summed E-state index contributed by atoms with van der Waals surface area (Å²) in [7, 11) is 0. The maximum Gasteiger partial charge on any atom is 0.219 e. The van der Waals surface area contributed by atoms with E-state index in [1.807, 2.05) is 11.1 Å². The molecule has 1 fully saturated rings. The lowest BCUT2D eigenvalue weighted by atomic mass is 10.1. The van der Waals surface area contributed by atoms with Crippen molar-refractivity contribution in [3.8, 4) is 0 Å². The Morgan fingerprint density at radius 1 is 1.21 bits per heavy atom. The highest BCUT2D eigenvalue weighted by Gasteiger charge is 2.25. The van der Waals surface area contributed by atoms with Crippen molar-refractivity contribution in [3.63, 3.8) is 0 Å². The highest BCUT2D eigenvalue weighted by Crippen LogP contribution is 2.22. The summed E-state index contributed by atoms with van der Waals surface area (Å²) in [6.45, 7) is 5.16. The first-order valence-electron chi connectivity index (χ1n) is 9.85. The molecule has 2 aromatic heterocycles. The van der Waals surface area contributed by atoms with Crippen molar-refractivity contribution < 1.29 is 4.79 Å². The van der Waals surface area contributed by atoms with Gasteiger partial charge in [-0.25, -0.2) is 9.97 Å². The summed E-state index contributed by atoms with van der Waals surface area (Å²) in [4.78, 5) is 24.9. The number of rotatable bonds is 5. The number of nitrogens with one attached hydrogen (secondary N) is 1. The highest BCUT2D eigenvalue weighted by molar-refractivity contribution is 5.81. The molecule has 146 valence electrons. The van der Waals surface area contributed by atoms with Crippen LogP contribution in [0.2, 0.25) is 0 Å². The van der Waals surface area contributed by atoms with E-state index in [0.29, 0.717) is 6.54 Å². The predicted octanol–water partition coefficient (Wildman–Crippen LogP) is 2.76. The molecule has 1 atom stereocenters. The summed E-state index contributed by atoms with van der Waals surface area (Å²) in [5, 5.41) is 8.44. The van der Waals surface area contributed by atoms with Crippen LogP contribution in [0.1, 0.15) is 37.3 Å². The molecule has 1 unspecified atom stereocenters. The number of hydrogen-bond acceptors (Lipinski definition) is 5. The van der Waals surface area contributed by atoms with Crippen LogP contribution in [0.4, 0.5) is 0 Å². The number of hydrogen-bond donors (Lipinski definition) is 1. The average Bonchev–Trinajstić information content (AvgIpc) is 3.08. The first-order valence-corrected chi connectivity index (χ1v) is 9.85. The van der Waals surface area contributed by atoms with E-state index in [9.17, 15) is 4.79 Å². The normalized spacial score (nSPS) is 18.1. The zero-order chi connectivity index (χ0) is 19.3. The first-order chi connectivity index (χ1) is 13.7. The second kappa shape index (κ2) is 8.48. The fraction of sp³-hybridized carbons (Fsp3) is 0.429. The number of carbonyl (C=O) groups is 1. The molecule has 7 heteroatoms. The van der Waals surface area contributed by atoms with Crippen LogP contribution in [0, 0.1) is 0 Å². The largest absolute Gasteiger partial charge is 0.335 e. The molecule has 0 bridgehead atoms. The first kappa shape index (κ1) is 18.6. The molecule has 0 saturated carbocycles. The molecule has 0 radical (unpaired) electrons. The van der Waals surface area contributed by atoms with Gasteiger partial charge in [0.05, 0.1) is 11.7 Å². The van der Waals surface area contributed by atoms with E-state index in [-0.39, 0.29) is 11.9 Å². The Balaban J connectivity index is 1.42. The summed E-state index contributed by atoms with van der Waals surface area (Å²) >= 11 is 0. The van der Waals surface area contributed by atoms with Crippen LogP contribution in [0.15, 0.2) is 43.1 Å². The number of aromatic nitrogens is 4. The Morgan fingerprint density at radius 3 is 2.89 bits per heavy atom. The van der Waals surface area contributed by atoms with E-state index in [1.54, 1.807) is 19.3 Å². The van der Waals surface area contributed by atoms with Gasteiger partial charge in [-0.2, -0.15) is 5.10 Å². The summed E-state index contributed by atoms with van der Waals surface area (Å²) in [5.41, 5.74) is 3.38. The van der Waals surface area contributed by atoms with Crippen LogP contribution in [0.3, 0.4) is 0 Å². The van der Waals surface area contributed by atoms with E-state index >= 15 is 0 Å². The smallest absolute Gasteiger partial charge is 0.219 e. The Hall–Kier alpha value is -2.80. The number of nitrogens with zero attached hydrogens (tertiary/aromatic N) is 5. The minimum absolute atomic E-state index is 0.115. The molecule has 7 nitrogen and oxygen atoms in total. The lowest BCUT2D eigenvalue weighted by molar-refractivity contribution is -0.132. The van der Waals surface area contributed by atoms with Crippen molar-refractivity contribution in [2.75, 3.05) is 13.1 Å². The third-order valence-electron chi connectivity index (χ3n) is 5.56. The summed E-state index contributed by atoms with van der Waals surface area (Å²) < 4.78 is 0. The Labute approximate surface area is 164 Å². The number of para-hydroxylation sites is 1. The lowest BCUT2D eigenvalue weighted by Crippen LogP contribution is -2.39. The summed E-state index contributed by atoms with van der Waals surface area (Å²) in [5.74, 6) is 0.115. The van der Waals surface area contributed by atoms with Gasteiger partial charge >= 0.3 is 0 Å². The number of H-pyrrole nitrogens is 1. The number of carbonyl (C=O) groups excluding carboxylic acids is 1. The van der Waals surface area contributed by atoms with Gasteiger partial charge in [-0.05, 0) is 31.4 Å². The summed E-state index contributed by atoms with van der Waals surface area (Å²) in [6, 6.07) is 6.59. The molecule has 28 heavy (non-hydrogen) atoms. The fourth-order valence-electron chi connectivity index (χ4n) is 4.12. The molecule has 3 heterocycles. The Bertz CT molecular complexity index is 925. The average molecular weight is 378 g/mol. The van der Waals surface area contributed by atoms with Gasteiger partial charge in [-0.3, -0.25) is 14.8 Å². The molecule has 0 aliphatic carbocycles. The SMILES string of the molecule is CC(=O)N(Cc1cncnc1)C1CCCN(Cc2cccc3cn[nH]c23)CC1. The van der Waals surface area contributed by atoms with Gasteiger partial charge in [0.15, 0.2) is 0 Å². The molecule has 1 N–H and O–H groups in total. The standard InChI is InChI=1S/C21H26N6O/c1-16(28)27(13-17-10-22-15-23-11-17)20-6-3-8-26(9-7-20)14-19-5-2-4-18-12-24-25-21(18)19/h2,4-5,10-12,15,20H,3,6-9,13-14H2,1H3,(H,24,25). The molecule has 4 rings (SSSR count). The van der Waals surface area contributed by atoms with Crippen molar-refractivity contribution in [3.05, 3.63) is 54.2 Å². The van der Waals surface area contributed by atoms with E-state index < -0.39 is 0 Å². The number of likely N-dealkylation sites (tertiary alicyclic amines) is 1. The maximum absolute atomic E-state index is 12.3. The van der Waals surface area contributed by atoms with Crippen LogP contribution >= 0.6 is 0 Å². The van der Waals surface area contributed by atoms with Gasteiger partial charge in [0.25, 0.3) is 0 Å². The molecule has 0 spiro atoms. The van der Waals surface area contributed by atoms with E-state index in [4.69, 9.17) is 0 Å². The topological polar surface area (TPSA) is 78.0 Å². The quantitative estimate of drug-likeness (QED) is 0.739. The third kappa shape index (κ3) is 4.20. The Morgan fingerprint density at radius 2 is 2.07 bits per heavy atom. The van der Waals surface area contributed by atoms with Crippen LogP contribution in [-0.2, 0) is 17.9 Å². The second-order valence-electron chi connectivity index (χ2n) is 7.51. The highest BCUT2D eigenvalue weighted by atomic mass is 16.2. The van der Waals surface area contributed by atoms with E-state index in [2.05, 4.69) is 43.3 Å². The maximum atomic E-state index is 12.3. The van der Waals surface area contributed by atoms with Crippen molar-refractivity contribution in [1.82, 2.24) is 30.0 Å². The minimum Gasteiger partial charge on any atom is -0.335 e. The second-order valence-corrected chi connectivity index (χ2v) is 7.51. The van der Waals surface area contributed by atoms with E-state index in [0.717, 1.165) is 55.4 Å². The zero-order valence-corrected chi connectivity index (χ0v) is 16.2. The minimum atomic E-state index is 0.115. The van der Waals surface area contributed by atoms with Crippen LogP contribution in [0.5, 0.6) is 0 Å². The van der Waals surface area contributed by atoms with Crippen molar-refractivity contribution in [2.45, 2.75) is 45.3 Å². The lowest BCUT2D eigenvalue weighted by Gasteiger charge is -2.30. The molecule has 3 aromatic rings. The molecule has 1 saturated heterocycles. The molecule has 1 aliphatic heterocycles. The number of amides is 1. The van der Waals surface area contributed by atoms with Gasteiger partial charge in [0.2, 0.25) is 5.91 Å².